The van der Waals surface area contributed by atoms with Crippen molar-refractivity contribution in [3.05, 3.63) is 70.3 Å². The summed E-state index contributed by atoms with van der Waals surface area (Å²) in [6.07, 6.45) is 3.75. The van der Waals surface area contributed by atoms with Crippen molar-refractivity contribution in [2.24, 2.45) is 16.8 Å². The van der Waals surface area contributed by atoms with E-state index in [-0.39, 0.29) is 36.7 Å². The van der Waals surface area contributed by atoms with Gasteiger partial charge in [0.2, 0.25) is 0 Å². The largest absolute Gasteiger partial charge is 0.463 e. The molecule has 2 aromatic rings. The number of esters is 1. The van der Waals surface area contributed by atoms with Gasteiger partial charge in [0.1, 0.15) is 6.61 Å². The van der Waals surface area contributed by atoms with Crippen molar-refractivity contribution in [3.63, 3.8) is 0 Å². The summed E-state index contributed by atoms with van der Waals surface area (Å²) in [5.74, 6) is -0.329. The van der Waals surface area contributed by atoms with E-state index >= 15 is 0 Å². The lowest BCUT2D eigenvalue weighted by Gasteiger charge is -2.31. The van der Waals surface area contributed by atoms with Crippen LogP contribution in [0, 0.1) is 5.92 Å². The molecule has 1 aliphatic carbocycles. The van der Waals surface area contributed by atoms with Crippen molar-refractivity contribution < 1.29 is 19.1 Å². The molecular weight excluding hydrogens is 456 g/mol. The fourth-order valence-corrected chi connectivity index (χ4v) is 4.74. The molecule has 8 nitrogen and oxygen atoms in total. The topological polar surface area (TPSA) is 97.5 Å². The first-order valence-corrected chi connectivity index (χ1v) is 12.6. The highest BCUT2D eigenvalue weighted by molar-refractivity contribution is 6.09. The van der Waals surface area contributed by atoms with E-state index in [4.69, 9.17) is 15.2 Å². The standard InChI is InChI=1S/C28H36N4O4/c1-31-11-13-32(14-12-31)30-19-20-3-5-22(6-4-20)28(34)24-10-8-21-7-9-23(27(29)25(21)17-24)18-26(33)36-16-15-35-2/h3-6,8,10,17,19,23,27H,7,9,11-16,18,29H2,1-2H3. The number of fused-ring (bicyclic) bond motifs is 1. The van der Waals surface area contributed by atoms with E-state index in [9.17, 15) is 9.59 Å². The van der Waals surface area contributed by atoms with Crippen molar-refractivity contribution in [2.45, 2.75) is 25.3 Å². The van der Waals surface area contributed by atoms with Gasteiger partial charge in [0.15, 0.2) is 5.78 Å². The van der Waals surface area contributed by atoms with E-state index in [0.29, 0.717) is 17.7 Å². The van der Waals surface area contributed by atoms with Crippen LogP contribution in [0.5, 0.6) is 0 Å². The van der Waals surface area contributed by atoms with Gasteiger partial charge in [-0.1, -0.05) is 36.4 Å². The van der Waals surface area contributed by atoms with Crippen LogP contribution in [0.1, 0.15) is 51.5 Å². The average molecular weight is 493 g/mol. The Morgan fingerprint density at radius 2 is 1.78 bits per heavy atom. The number of likely N-dealkylation sites (N-methyl/N-ethyl adjacent to an activating group) is 1. The van der Waals surface area contributed by atoms with E-state index in [2.05, 4.69) is 22.1 Å². The number of ether oxygens (including phenoxy) is 2. The maximum absolute atomic E-state index is 13.2. The second kappa shape index (κ2) is 12.3. The zero-order chi connectivity index (χ0) is 25.5. The summed E-state index contributed by atoms with van der Waals surface area (Å²) in [6.45, 7) is 4.47. The number of ketones is 1. The van der Waals surface area contributed by atoms with Crippen molar-refractivity contribution in [2.75, 3.05) is 53.6 Å². The van der Waals surface area contributed by atoms with Gasteiger partial charge >= 0.3 is 5.97 Å². The van der Waals surface area contributed by atoms with Crippen LogP contribution in [0.4, 0.5) is 0 Å². The predicted molar refractivity (Wildman–Crippen MR) is 139 cm³/mol. The lowest BCUT2D eigenvalue weighted by Crippen LogP contribution is -2.41. The van der Waals surface area contributed by atoms with E-state index in [0.717, 1.165) is 55.7 Å². The van der Waals surface area contributed by atoms with Crippen LogP contribution in [0.2, 0.25) is 0 Å². The second-order valence-corrected chi connectivity index (χ2v) is 9.61. The number of hydrazone groups is 1. The molecule has 8 heteroatoms. The summed E-state index contributed by atoms with van der Waals surface area (Å²) in [6, 6.07) is 13.0. The van der Waals surface area contributed by atoms with Crippen LogP contribution in [-0.2, 0) is 20.7 Å². The maximum atomic E-state index is 13.2. The minimum absolute atomic E-state index is 0.0169. The number of rotatable bonds is 9. The van der Waals surface area contributed by atoms with Gasteiger partial charge in [-0.3, -0.25) is 14.6 Å². The molecule has 192 valence electrons. The Bertz CT molecular complexity index is 1080. The summed E-state index contributed by atoms with van der Waals surface area (Å²) in [4.78, 5) is 27.7. The number of aryl methyl sites for hydroxylation is 1. The first kappa shape index (κ1) is 26.0. The van der Waals surface area contributed by atoms with Crippen molar-refractivity contribution in [1.82, 2.24) is 9.91 Å². The van der Waals surface area contributed by atoms with E-state index in [1.54, 1.807) is 7.11 Å². The molecule has 0 spiro atoms. The van der Waals surface area contributed by atoms with Gasteiger partial charge in [-0.05, 0) is 48.6 Å². The van der Waals surface area contributed by atoms with Gasteiger partial charge < -0.3 is 20.1 Å². The van der Waals surface area contributed by atoms with E-state index < -0.39 is 0 Å². The van der Waals surface area contributed by atoms with E-state index in [1.807, 2.05) is 48.7 Å². The first-order valence-electron chi connectivity index (χ1n) is 12.6. The molecule has 1 fully saturated rings. The highest BCUT2D eigenvalue weighted by Gasteiger charge is 2.29. The Kier molecular flexibility index (Phi) is 8.85. The normalized spacial score (nSPS) is 20.4. The SMILES string of the molecule is COCCOC(=O)CC1CCc2ccc(C(=O)c3ccc(C=NN4CCN(C)CC4)cc3)cc2C1N. The maximum Gasteiger partial charge on any atom is 0.306 e. The molecule has 2 aliphatic rings. The highest BCUT2D eigenvalue weighted by atomic mass is 16.6. The van der Waals surface area contributed by atoms with E-state index in [1.165, 1.54) is 0 Å². The Hall–Kier alpha value is -3.07. The number of carbonyl (C=O) groups is 2. The molecule has 1 heterocycles. The van der Waals surface area contributed by atoms with Crippen LogP contribution >= 0.6 is 0 Å². The lowest BCUT2D eigenvalue weighted by molar-refractivity contribution is -0.146. The molecule has 36 heavy (non-hydrogen) atoms. The van der Waals surface area contributed by atoms with Crippen molar-refractivity contribution in [1.29, 1.82) is 0 Å². The Labute approximate surface area is 213 Å². The quantitative estimate of drug-likeness (QED) is 0.249. The molecular formula is C28H36N4O4. The zero-order valence-electron chi connectivity index (χ0n) is 21.2. The number of hydrogen-bond acceptors (Lipinski definition) is 8. The highest BCUT2D eigenvalue weighted by Crippen LogP contribution is 2.35. The molecule has 0 radical (unpaired) electrons. The molecule has 0 saturated carbocycles. The fraction of sp³-hybridized carbons (Fsp3) is 0.464. The smallest absolute Gasteiger partial charge is 0.306 e. The molecule has 0 amide bonds. The molecule has 2 aromatic carbocycles. The molecule has 2 unspecified atom stereocenters. The molecule has 0 aromatic heterocycles. The zero-order valence-corrected chi connectivity index (χ0v) is 21.2. The number of benzene rings is 2. The minimum Gasteiger partial charge on any atom is -0.463 e. The van der Waals surface area contributed by atoms with Gasteiger partial charge in [0.05, 0.1) is 19.2 Å². The lowest BCUT2D eigenvalue weighted by atomic mass is 9.77. The summed E-state index contributed by atoms with van der Waals surface area (Å²) in [5, 5.41) is 6.64. The molecule has 1 aliphatic heterocycles. The van der Waals surface area contributed by atoms with Crippen LogP contribution in [-0.4, -0.2) is 81.4 Å². The number of hydrogen-bond donors (Lipinski definition) is 1. The van der Waals surface area contributed by atoms with Crippen LogP contribution in [0.3, 0.4) is 0 Å². The average Bonchev–Trinajstić information content (AvgIpc) is 2.90. The van der Waals surface area contributed by atoms with Gasteiger partial charge in [-0.2, -0.15) is 5.10 Å². The fourth-order valence-electron chi connectivity index (χ4n) is 4.74. The molecule has 1 saturated heterocycles. The van der Waals surface area contributed by atoms with Gasteiger partial charge in [0.25, 0.3) is 0 Å². The first-order chi connectivity index (χ1) is 17.4. The van der Waals surface area contributed by atoms with Crippen molar-refractivity contribution >= 4 is 18.0 Å². The summed E-state index contributed by atoms with van der Waals surface area (Å²) in [5.41, 5.74) is 10.8. The van der Waals surface area contributed by atoms with Crippen molar-refractivity contribution in [3.8, 4) is 0 Å². The Morgan fingerprint density at radius 3 is 2.50 bits per heavy atom. The molecule has 0 bridgehead atoms. The van der Waals surface area contributed by atoms with Crippen LogP contribution < -0.4 is 5.73 Å². The third kappa shape index (κ3) is 6.57. The Morgan fingerprint density at radius 1 is 1.06 bits per heavy atom. The van der Waals surface area contributed by atoms with Gasteiger partial charge in [-0.25, -0.2) is 0 Å². The predicted octanol–water partition coefficient (Wildman–Crippen LogP) is 2.64. The van der Waals surface area contributed by atoms with Gasteiger partial charge in [0, 0.05) is 50.5 Å². The third-order valence-electron chi connectivity index (χ3n) is 7.06. The van der Waals surface area contributed by atoms with Crippen LogP contribution in [0.25, 0.3) is 0 Å². The Balaban J connectivity index is 1.39. The molecule has 2 atom stereocenters. The minimum atomic E-state index is -0.315. The number of piperazine rings is 1. The van der Waals surface area contributed by atoms with Crippen LogP contribution in [0.15, 0.2) is 47.6 Å². The molecule has 2 N–H and O–H groups in total. The number of nitrogens with zero attached hydrogens (tertiary/aromatic N) is 3. The number of methoxy groups -OCH3 is 1. The summed E-state index contributed by atoms with van der Waals surface area (Å²) in [7, 11) is 3.69. The number of nitrogens with two attached hydrogens (primary N) is 1. The monoisotopic (exact) mass is 492 g/mol. The summed E-state index contributed by atoms with van der Waals surface area (Å²) < 4.78 is 10.1. The number of carbonyl (C=O) groups excluding carboxylic acids is 2. The van der Waals surface area contributed by atoms with Gasteiger partial charge in [-0.15, -0.1) is 0 Å². The summed E-state index contributed by atoms with van der Waals surface area (Å²) >= 11 is 0. The second-order valence-electron chi connectivity index (χ2n) is 9.61. The molecule has 4 rings (SSSR count). The third-order valence-corrected chi connectivity index (χ3v) is 7.06.